The highest BCUT2D eigenvalue weighted by atomic mass is 32.2. The fraction of sp³-hybridized carbons (Fsp3) is 0.625. The first kappa shape index (κ1) is 16.5. The van der Waals surface area contributed by atoms with Gasteiger partial charge < -0.3 is 5.32 Å². The van der Waals surface area contributed by atoms with Gasteiger partial charge in [-0.05, 0) is 30.4 Å². The molecule has 0 heterocycles. The largest absolute Gasteiger partial charge is 0.310 e. The lowest BCUT2D eigenvalue weighted by atomic mass is 10.1. The molecule has 1 aliphatic carbocycles. The van der Waals surface area contributed by atoms with E-state index in [4.69, 9.17) is 0 Å². The molecule has 0 spiro atoms. The molecule has 0 aliphatic heterocycles. The summed E-state index contributed by atoms with van der Waals surface area (Å²) in [4.78, 5) is 0. The van der Waals surface area contributed by atoms with Crippen molar-refractivity contribution in [2.24, 2.45) is 0 Å². The Hall–Kier alpha value is -0.910. The van der Waals surface area contributed by atoms with Crippen LogP contribution in [-0.4, -0.2) is 21.0 Å². The number of unbranched alkanes of at least 4 members (excludes halogenated alkanes) is 2. The molecule has 1 saturated carbocycles. The zero-order chi connectivity index (χ0) is 15.1. The average Bonchev–Trinajstić information content (AvgIpc) is 3.27. The van der Waals surface area contributed by atoms with E-state index in [1.165, 1.54) is 18.4 Å². The molecule has 1 fully saturated rings. The zero-order valence-electron chi connectivity index (χ0n) is 12.8. The van der Waals surface area contributed by atoms with Crippen LogP contribution in [0.1, 0.15) is 50.2 Å². The fourth-order valence-electron chi connectivity index (χ4n) is 2.18. The lowest BCUT2D eigenvalue weighted by molar-refractivity contribution is 0.575. The van der Waals surface area contributed by atoms with Crippen LogP contribution >= 0.6 is 0 Å². The Labute approximate surface area is 128 Å². The number of hydrogen-bond donors (Lipinski definition) is 2. The smallest absolute Gasteiger partial charge is 0.215 e. The normalized spacial score (nSPS) is 15.3. The van der Waals surface area contributed by atoms with E-state index in [9.17, 15) is 8.42 Å². The molecular formula is C16H26N2O2S. The van der Waals surface area contributed by atoms with E-state index in [2.05, 4.69) is 17.0 Å². The van der Waals surface area contributed by atoms with E-state index in [1.807, 2.05) is 24.3 Å². The molecule has 0 amide bonds. The summed E-state index contributed by atoms with van der Waals surface area (Å²) >= 11 is 0. The Balaban J connectivity index is 1.77. The standard InChI is InChI=1S/C16H26N2O2S/c1-2-3-4-11-18-21(19,20)13-15-7-5-14(6-8-15)12-17-16-9-10-16/h5-8,16-18H,2-4,9-13H2,1H3. The molecule has 0 atom stereocenters. The molecule has 5 heteroatoms. The van der Waals surface area contributed by atoms with Gasteiger partial charge in [0, 0.05) is 19.1 Å². The lowest BCUT2D eigenvalue weighted by Crippen LogP contribution is -2.26. The van der Waals surface area contributed by atoms with Gasteiger partial charge in [0.2, 0.25) is 10.0 Å². The van der Waals surface area contributed by atoms with Gasteiger partial charge >= 0.3 is 0 Å². The summed E-state index contributed by atoms with van der Waals surface area (Å²) in [6, 6.07) is 8.54. The van der Waals surface area contributed by atoms with Gasteiger partial charge in [0.1, 0.15) is 0 Å². The quantitative estimate of drug-likeness (QED) is 0.653. The number of sulfonamides is 1. The van der Waals surface area contributed by atoms with Gasteiger partial charge in [0.05, 0.1) is 5.75 Å². The maximum absolute atomic E-state index is 11.9. The van der Waals surface area contributed by atoms with Crippen molar-refractivity contribution in [2.45, 2.75) is 57.4 Å². The number of benzene rings is 1. The summed E-state index contributed by atoms with van der Waals surface area (Å²) in [7, 11) is -3.21. The molecule has 0 aromatic heterocycles. The molecule has 2 N–H and O–H groups in total. The lowest BCUT2D eigenvalue weighted by Gasteiger charge is -2.08. The van der Waals surface area contributed by atoms with Gasteiger partial charge in [0.25, 0.3) is 0 Å². The van der Waals surface area contributed by atoms with Crippen LogP contribution in [0.3, 0.4) is 0 Å². The van der Waals surface area contributed by atoms with E-state index >= 15 is 0 Å². The highest BCUT2D eigenvalue weighted by Crippen LogP contribution is 2.19. The summed E-state index contributed by atoms with van der Waals surface area (Å²) in [5, 5.41) is 3.45. The molecule has 1 aromatic carbocycles. The van der Waals surface area contributed by atoms with E-state index < -0.39 is 10.0 Å². The highest BCUT2D eigenvalue weighted by Gasteiger charge is 2.19. The minimum atomic E-state index is -3.21. The SMILES string of the molecule is CCCCCNS(=O)(=O)Cc1ccc(CNC2CC2)cc1. The van der Waals surface area contributed by atoms with Crippen molar-refractivity contribution in [3.63, 3.8) is 0 Å². The zero-order valence-corrected chi connectivity index (χ0v) is 13.6. The molecule has 4 nitrogen and oxygen atoms in total. The minimum Gasteiger partial charge on any atom is -0.310 e. The number of nitrogens with one attached hydrogen (secondary N) is 2. The Morgan fingerprint density at radius 2 is 1.76 bits per heavy atom. The Morgan fingerprint density at radius 1 is 1.10 bits per heavy atom. The second kappa shape index (κ2) is 7.92. The van der Waals surface area contributed by atoms with Gasteiger partial charge in [-0.2, -0.15) is 0 Å². The van der Waals surface area contributed by atoms with Gasteiger partial charge in [-0.25, -0.2) is 13.1 Å². The summed E-state index contributed by atoms with van der Waals surface area (Å²) in [6.45, 7) is 3.51. The van der Waals surface area contributed by atoms with Crippen LogP contribution < -0.4 is 10.0 Å². The summed E-state index contributed by atoms with van der Waals surface area (Å²) in [6.07, 6.45) is 5.62. The monoisotopic (exact) mass is 310 g/mol. The van der Waals surface area contributed by atoms with E-state index in [1.54, 1.807) is 0 Å². The van der Waals surface area contributed by atoms with Gasteiger partial charge in [-0.1, -0.05) is 44.0 Å². The van der Waals surface area contributed by atoms with Gasteiger partial charge in [-0.3, -0.25) is 0 Å². The van der Waals surface area contributed by atoms with E-state index in [0.717, 1.165) is 31.4 Å². The summed E-state index contributed by atoms with van der Waals surface area (Å²) in [5.74, 6) is 0.0649. The Kier molecular flexibility index (Phi) is 6.21. The summed E-state index contributed by atoms with van der Waals surface area (Å²) in [5.41, 5.74) is 2.05. The first-order valence-corrected chi connectivity index (χ1v) is 9.53. The fourth-order valence-corrected chi connectivity index (χ4v) is 3.36. The van der Waals surface area contributed by atoms with Crippen LogP contribution in [0.25, 0.3) is 0 Å². The van der Waals surface area contributed by atoms with Gasteiger partial charge in [-0.15, -0.1) is 0 Å². The molecule has 0 radical (unpaired) electrons. The van der Waals surface area contributed by atoms with Crippen molar-refractivity contribution >= 4 is 10.0 Å². The highest BCUT2D eigenvalue weighted by molar-refractivity contribution is 7.88. The van der Waals surface area contributed by atoms with Crippen LogP contribution in [0.5, 0.6) is 0 Å². The van der Waals surface area contributed by atoms with Crippen LogP contribution in [-0.2, 0) is 22.3 Å². The Bertz CT molecular complexity index is 522. The van der Waals surface area contributed by atoms with Crippen molar-refractivity contribution < 1.29 is 8.42 Å². The topological polar surface area (TPSA) is 58.2 Å². The second-order valence-corrected chi connectivity index (χ2v) is 7.64. The molecule has 0 unspecified atom stereocenters. The second-order valence-electron chi connectivity index (χ2n) is 5.83. The van der Waals surface area contributed by atoms with Crippen molar-refractivity contribution in [1.29, 1.82) is 0 Å². The molecule has 0 saturated heterocycles. The maximum atomic E-state index is 11.9. The average molecular weight is 310 g/mol. The Morgan fingerprint density at radius 3 is 2.38 bits per heavy atom. The van der Waals surface area contributed by atoms with Crippen molar-refractivity contribution in [3.8, 4) is 0 Å². The molecular weight excluding hydrogens is 284 g/mol. The predicted molar refractivity (Wildman–Crippen MR) is 86.5 cm³/mol. The van der Waals surface area contributed by atoms with Crippen molar-refractivity contribution in [1.82, 2.24) is 10.0 Å². The van der Waals surface area contributed by atoms with Crippen molar-refractivity contribution in [3.05, 3.63) is 35.4 Å². The van der Waals surface area contributed by atoms with E-state index in [0.29, 0.717) is 12.6 Å². The molecule has 1 aromatic rings. The third kappa shape index (κ3) is 6.59. The minimum absolute atomic E-state index is 0.0649. The molecule has 118 valence electrons. The molecule has 0 bridgehead atoms. The van der Waals surface area contributed by atoms with Crippen LogP contribution in [0.15, 0.2) is 24.3 Å². The molecule has 2 rings (SSSR count). The predicted octanol–water partition coefficient (Wildman–Crippen LogP) is 2.55. The first-order valence-electron chi connectivity index (χ1n) is 7.87. The first-order chi connectivity index (χ1) is 10.1. The third-order valence-corrected chi connectivity index (χ3v) is 5.01. The van der Waals surface area contributed by atoms with Crippen LogP contribution in [0, 0.1) is 0 Å². The van der Waals surface area contributed by atoms with Gasteiger partial charge in [0.15, 0.2) is 0 Å². The van der Waals surface area contributed by atoms with E-state index in [-0.39, 0.29) is 5.75 Å². The van der Waals surface area contributed by atoms with Crippen LogP contribution in [0.4, 0.5) is 0 Å². The third-order valence-electron chi connectivity index (χ3n) is 3.65. The summed E-state index contributed by atoms with van der Waals surface area (Å²) < 4.78 is 26.6. The van der Waals surface area contributed by atoms with Crippen molar-refractivity contribution in [2.75, 3.05) is 6.54 Å². The van der Waals surface area contributed by atoms with Crippen LogP contribution in [0.2, 0.25) is 0 Å². The number of hydrogen-bond acceptors (Lipinski definition) is 3. The maximum Gasteiger partial charge on any atom is 0.215 e. The molecule has 1 aliphatic rings. The molecule has 21 heavy (non-hydrogen) atoms. The number of rotatable bonds is 10.